The van der Waals surface area contributed by atoms with Crippen LogP contribution in [0.1, 0.15) is 5.01 Å². The third kappa shape index (κ3) is 3.52. The van der Waals surface area contributed by atoms with Crippen LogP contribution < -0.4 is 4.72 Å². The van der Waals surface area contributed by atoms with Gasteiger partial charge in [-0.1, -0.05) is 0 Å². The van der Waals surface area contributed by atoms with Crippen molar-refractivity contribution in [3.63, 3.8) is 0 Å². The molecule has 0 aliphatic carbocycles. The van der Waals surface area contributed by atoms with E-state index in [1.54, 1.807) is 6.92 Å². The van der Waals surface area contributed by atoms with Gasteiger partial charge in [-0.15, -0.1) is 11.3 Å². The Labute approximate surface area is 126 Å². The smallest absolute Gasteiger partial charge is 0.273 e. The number of benzene rings is 1. The van der Waals surface area contributed by atoms with Crippen LogP contribution in [0.15, 0.2) is 33.5 Å². The number of anilines is 1. The number of hydrogen-bond acceptors (Lipinski definition) is 7. The number of sulfone groups is 1. The van der Waals surface area contributed by atoms with E-state index in [1.165, 1.54) is 12.3 Å². The van der Waals surface area contributed by atoms with E-state index in [2.05, 4.69) is 9.71 Å². The summed E-state index contributed by atoms with van der Waals surface area (Å²) < 4.78 is 49.3. The van der Waals surface area contributed by atoms with Crippen LogP contribution in [-0.2, 0) is 19.9 Å². The van der Waals surface area contributed by atoms with Gasteiger partial charge >= 0.3 is 0 Å². The number of nitrogens with zero attached hydrogens (tertiary/aromatic N) is 1. The predicted molar refractivity (Wildman–Crippen MR) is 78.9 cm³/mol. The molecular weight excluding hydrogens is 336 g/mol. The van der Waals surface area contributed by atoms with Crippen LogP contribution in [-0.4, -0.2) is 33.2 Å². The summed E-state index contributed by atoms with van der Waals surface area (Å²) in [4.78, 5) is 3.75. The van der Waals surface area contributed by atoms with Gasteiger partial charge in [0, 0.05) is 6.26 Å². The summed E-state index contributed by atoms with van der Waals surface area (Å²) in [5, 5.41) is 10.3. The second-order valence-corrected chi connectivity index (χ2v) is 9.41. The largest absolute Gasteiger partial charge is 0.506 e. The standard InChI is InChI=1S/C11H12N2O5S3/c1-7-12-6-11(19-7)21(17,18)13-9-5-8(20(2,15)16)3-4-10(9)14/h3-6,13-14H,1-2H3. The van der Waals surface area contributed by atoms with Crippen LogP contribution in [0.25, 0.3) is 0 Å². The average molecular weight is 348 g/mol. The zero-order chi connectivity index (χ0) is 15.8. The molecule has 7 nitrogen and oxygen atoms in total. The van der Waals surface area contributed by atoms with E-state index in [0.717, 1.165) is 29.7 Å². The number of rotatable bonds is 4. The Kier molecular flexibility index (Phi) is 3.95. The average Bonchev–Trinajstić information content (AvgIpc) is 2.78. The molecule has 0 radical (unpaired) electrons. The van der Waals surface area contributed by atoms with Gasteiger partial charge in [-0.05, 0) is 25.1 Å². The van der Waals surface area contributed by atoms with Crippen LogP contribution in [0.4, 0.5) is 5.69 Å². The minimum Gasteiger partial charge on any atom is -0.506 e. The van der Waals surface area contributed by atoms with E-state index in [0.29, 0.717) is 5.01 Å². The fourth-order valence-electron chi connectivity index (χ4n) is 1.49. The maximum Gasteiger partial charge on any atom is 0.273 e. The molecule has 0 amide bonds. The van der Waals surface area contributed by atoms with Gasteiger partial charge in [-0.3, -0.25) is 4.72 Å². The molecule has 0 unspecified atom stereocenters. The van der Waals surface area contributed by atoms with Gasteiger partial charge in [0.2, 0.25) is 0 Å². The molecule has 2 aromatic rings. The van der Waals surface area contributed by atoms with E-state index in [-0.39, 0.29) is 20.5 Å². The number of thiazole rings is 1. The molecular formula is C11H12N2O5S3. The summed E-state index contributed by atoms with van der Waals surface area (Å²) in [6.07, 6.45) is 2.18. The second kappa shape index (κ2) is 5.28. The summed E-state index contributed by atoms with van der Waals surface area (Å²) in [6.45, 7) is 1.66. The Morgan fingerprint density at radius 2 is 1.90 bits per heavy atom. The van der Waals surface area contributed by atoms with Crippen LogP contribution in [0.3, 0.4) is 0 Å². The van der Waals surface area contributed by atoms with Gasteiger partial charge in [0.1, 0.15) is 5.75 Å². The lowest BCUT2D eigenvalue weighted by Crippen LogP contribution is -2.12. The molecule has 0 atom stereocenters. The van der Waals surface area contributed by atoms with Crippen molar-refractivity contribution in [2.75, 3.05) is 11.0 Å². The van der Waals surface area contributed by atoms with Crippen LogP contribution in [0.2, 0.25) is 0 Å². The number of aromatic hydroxyl groups is 1. The van der Waals surface area contributed by atoms with E-state index in [4.69, 9.17) is 0 Å². The Bertz CT molecular complexity index is 884. The number of aryl methyl sites for hydroxylation is 1. The monoisotopic (exact) mass is 348 g/mol. The van der Waals surface area contributed by atoms with Gasteiger partial charge in [-0.25, -0.2) is 21.8 Å². The lowest BCUT2D eigenvalue weighted by atomic mass is 10.3. The van der Waals surface area contributed by atoms with Crippen molar-refractivity contribution in [1.29, 1.82) is 0 Å². The number of sulfonamides is 1. The van der Waals surface area contributed by atoms with Gasteiger partial charge in [0.05, 0.1) is 21.8 Å². The number of phenols is 1. The number of aromatic nitrogens is 1. The highest BCUT2D eigenvalue weighted by Gasteiger charge is 2.20. The predicted octanol–water partition coefficient (Wildman–Crippen LogP) is 1.36. The fraction of sp³-hybridized carbons (Fsp3) is 0.182. The molecule has 1 aromatic carbocycles. The van der Waals surface area contributed by atoms with Crippen LogP contribution >= 0.6 is 11.3 Å². The van der Waals surface area contributed by atoms with Crippen molar-refractivity contribution in [2.24, 2.45) is 0 Å². The molecule has 0 spiro atoms. The molecule has 114 valence electrons. The first-order valence-corrected chi connectivity index (χ1v) is 9.77. The fourth-order valence-corrected chi connectivity index (χ4v) is 4.31. The molecule has 0 aliphatic rings. The van der Waals surface area contributed by atoms with Crippen molar-refractivity contribution in [3.8, 4) is 5.75 Å². The van der Waals surface area contributed by atoms with Crippen molar-refractivity contribution < 1.29 is 21.9 Å². The normalized spacial score (nSPS) is 12.3. The zero-order valence-corrected chi connectivity index (χ0v) is 13.5. The minimum atomic E-state index is -3.93. The molecule has 10 heteroatoms. The maximum absolute atomic E-state index is 12.1. The topological polar surface area (TPSA) is 113 Å². The van der Waals surface area contributed by atoms with Crippen molar-refractivity contribution in [3.05, 3.63) is 29.4 Å². The van der Waals surface area contributed by atoms with E-state index in [1.807, 2.05) is 0 Å². The highest BCUT2D eigenvalue weighted by atomic mass is 32.2. The van der Waals surface area contributed by atoms with Crippen molar-refractivity contribution in [1.82, 2.24) is 4.98 Å². The summed E-state index contributed by atoms with van der Waals surface area (Å²) in [6, 6.07) is 3.38. The van der Waals surface area contributed by atoms with Gasteiger partial charge in [-0.2, -0.15) is 0 Å². The second-order valence-electron chi connectivity index (χ2n) is 4.25. The molecule has 1 aromatic heterocycles. The summed E-state index contributed by atoms with van der Waals surface area (Å²) in [5.74, 6) is -0.368. The molecule has 0 aliphatic heterocycles. The number of hydrogen-bond donors (Lipinski definition) is 2. The van der Waals surface area contributed by atoms with E-state index < -0.39 is 19.9 Å². The van der Waals surface area contributed by atoms with Crippen LogP contribution in [0.5, 0.6) is 5.75 Å². The van der Waals surface area contributed by atoms with E-state index >= 15 is 0 Å². The molecule has 2 N–H and O–H groups in total. The van der Waals surface area contributed by atoms with Gasteiger partial charge in [0.15, 0.2) is 14.0 Å². The SMILES string of the molecule is Cc1ncc(S(=O)(=O)Nc2cc(S(C)(=O)=O)ccc2O)s1. The first-order valence-electron chi connectivity index (χ1n) is 5.58. The van der Waals surface area contributed by atoms with Crippen molar-refractivity contribution in [2.45, 2.75) is 16.0 Å². The van der Waals surface area contributed by atoms with E-state index in [9.17, 15) is 21.9 Å². The maximum atomic E-state index is 12.1. The Hall–Kier alpha value is -1.65. The molecule has 21 heavy (non-hydrogen) atoms. The summed E-state index contributed by atoms with van der Waals surface area (Å²) >= 11 is 0.968. The van der Waals surface area contributed by atoms with Gasteiger partial charge in [0.25, 0.3) is 10.0 Å². The Morgan fingerprint density at radius 1 is 1.24 bits per heavy atom. The highest BCUT2D eigenvalue weighted by Crippen LogP contribution is 2.29. The Morgan fingerprint density at radius 3 is 2.43 bits per heavy atom. The quantitative estimate of drug-likeness (QED) is 0.807. The Balaban J connectivity index is 2.44. The first-order chi connectivity index (χ1) is 9.59. The minimum absolute atomic E-state index is 0.0239. The highest BCUT2D eigenvalue weighted by molar-refractivity contribution is 7.94. The van der Waals surface area contributed by atoms with Crippen molar-refractivity contribution >= 4 is 36.9 Å². The summed E-state index contributed by atoms with van der Waals surface area (Å²) in [7, 11) is -7.44. The first kappa shape index (κ1) is 15.7. The lowest BCUT2D eigenvalue weighted by molar-refractivity contribution is 0.477. The number of nitrogens with one attached hydrogen (secondary N) is 1. The zero-order valence-electron chi connectivity index (χ0n) is 11.1. The molecule has 0 fully saturated rings. The molecule has 0 saturated carbocycles. The third-order valence-electron chi connectivity index (χ3n) is 2.51. The molecule has 0 saturated heterocycles. The lowest BCUT2D eigenvalue weighted by Gasteiger charge is -2.09. The number of phenolic OH excluding ortho intramolecular Hbond substituents is 1. The summed E-state index contributed by atoms with van der Waals surface area (Å²) in [5.41, 5.74) is -0.205. The molecule has 2 rings (SSSR count). The molecule has 1 heterocycles. The van der Waals surface area contributed by atoms with Gasteiger partial charge < -0.3 is 5.11 Å². The molecule has 0 bridgehead atoms. The van der Waals surface area contributed by atoms with Crippen LogP contribution in [0, 0.1) is 6.92 Å². The third-order valence-corrected chi connectivity index (χ3v) is 6.36.